The molecule has 1 aromatic heterocycles. The number of amides is 2. The molecule has 3 rings (SSSR count). The molecule has 6 nitrogen and oxygen atoms in total. The molecule has 0 spiro atoms. The van der Waals surface area contributed by atoms with E-state index in [1.165, 1.54) is 0 Å². The van der Waals surface area contributed by atoms with Crippen LogP contribution >= 0.6 is 11.8 Å². The molecule has 0 atom stereocenters. The Hall–Kier alpha value is -2.80. The van der Waals surface area contributed by atoms with Crippen LogP contribution < -0.4 is 15.0 Å². The fraction of sp³-hybridized carbons (Fsp3) is 0.250. The molecule has 2 aromatic rings. The number of nitrogens with one attached hydrogen (secondary N) is 1. The number of carbonyl (C=O) groups excluding carboxylic acids is 2. The van der Waals surface area contributed by atoms with Crippen LogP contribution in [0.1, 0.15) is 18.4 Å². The van der Waals surface area contributed by atoms with E-state index in [0.717, 1.165) is 48.3 Å². The van der Waals surface area contributed by atoms with E-state index in [-0.39, 0.29) is 11.1 Å². The number of hydrogen-bond donors (Lipinski definition) is 1. The van der Waals surface area contributed by atoms with Gasteiger partial charge in [0.05, 0.1) is 11.5 Å². The van der Waals surface area contributed by atoms with Crippen molar-refractivity contribution in [2.75, 3.05) is 25.1 Å². The van der Waals surface area contributed by atoms with Gasteiger partial charge in [0.2, 0.25) is 0 Å². The number of nitrogens with zero attached hydrogens (tertiary/aromatic N) is 2. The molecule has 1 N–H and O–H groups in total. The highest BCUT2D eigenvalue weighted by atomic mass is 32.2. The molecule has 1 saturated heterocycles. The number of hydrogen-bond acceptors (Lipinski definition) is 6. The Balaban J connectivity index is 1.40. The molecular formula is C20H21N3O3S. The number of pyridine rings is 1. The summed E-state index contributed by atoms with van der Waals surface area (Å²) in [5.74, 6) is 1.41. The lowest BCUT2D eigenvalue weighted by atomic mass is 10.2. The maximum absolute atomic E-state index is 11.5. The van der Waals surface area contributed by atoms with E-state index in [0.29, 0.717) is 11.5 Å². The van der Waals surface area contributed by atoms with Crippen molar-refractivity contribution in [2.24, 2.45) is 0 Å². The lowest BCUT2D eigenvalue weighted by molar-refractivity contribution is -0.115. The van der Waals surface area contributed by atoms with Crippen LogP contribution in [0.15, 0.2) is 53.6 Å². The second-order valence-electron chi connectivity index (χ2n) is 6.09. The molecule has 140 valence electrons. The van der Waals surface area contributed by atoms with Crippen molar-refractivity contribution in [3.05, 3.63) is 59.1 Å². The van der Waals surface area contributed by atoms with Gasteiger partial charge in [-0.2, -0.15) is 0 Å². The molecule has 1 aliphatic heterocycles. The van der Waals surface area contributed by atoms with Crippen molar-refractivity contribution in [3.63, 3.8) is 0 Å². The van der Waals surface area contributed by atoms with Crippen LogP contribution in [-0.2, 0) is 4.79 Å². The zero-order valence-corrected chi connectivity index (χ0v) is 15.9. The number of imide groups is 1. The van der Waals surface area contributed by atoms with Crippen LogP contribution in [0.4, 0.5) is 10.6 Å². The SMILES string of the molecule is CN(CCCCOc1ccc(/C=C2\SC(=O)NC2=O)cc1)c1ccccn1. The number of unbranched alkanes of at least 4 members (excludes halogenated alkanes) is 1. The summed E-state index contributed by atoms with van der Waals surface area (Å²) in [5.41, 5.74) is 0.853. The van der Waals surface area contributed by atoms with Crippen molar-refractivity contribution in [1.82, 2.24) is 10.3 Å². The van der Waals surface area contributed by atoms with Crippen LogP contribution in [-0.4, -0.2) is 36.3 Å². The summed E-state index contributed by atoms with van der Waals surface area (Å²) in [4.78, 5) is 29.6. The summed E-state index contributed by atoms with van der Waals surface area (Å²) < 4.78 is 5.76. The molecule has 7 heteroatoms. The average molecular weight is 383 g/mol. The summed E-state index contributed by atoms with van der Waals surface area (Å²) in [6.07, 6.45) is 5.45. The number of anilines is 1. The van der Waals surface area contributed by atoms with Crippen molar-refractivity contribution in [3.8, 4) is 5.75 Å². The normalized spacial score (nSPS) is 15.1. The highest BCUT2D eigenvalue weighted by Crippen LogP contribution is 2.26. The monoisotopic (exact) mass is 383 g/mol. The second-order valence-corrected chi connectivity index (χ2v) is 7.10. The predicted molar refractivity (Wildman–Crippen MR) is 108 cm³/mol. The largest absolute Gasteiger partial charge is 0.494 e. The van der Waals surface area contributed by atoms with E-state index >= 15 is 0 Å². The van der Waals surface area contributed by atoms with Crippen LogP contribution in [0.2, 0.25) is 0 Å². The minimum Gasteiger partial charge on any atom is -0.494 e. The number of ether oxygens (including phenoxy) is 1. The first-order valence-corrected chi connectivity index (χ1v) is 9.53. The van der Waals surface area contributed by atoms with Crippen molar-refractivity contribution < 1.29 is 14.3 Å². The van der Waals surface area contributed by atoms with Gasteiger partial charge in [0, 0.05) is 19.8 Å². The molecule has 0 unspecified atom stereocenters. The molecule has 2 amide bonds. The molecule has 1 aliphatic rings. The standard InChI is InChI=1S/C20H21N3O3S/c1-23(18-6-2-3-11-21-18)12-4-5-13-26-16-9-7-15(8-10-16)14-17-19(24)22-20(25)27-17/h2-3,6-11,14H,4-5,12-13H2,1H3,(H,22,24,25)/b17-14-. The summed E-state index contributed by atoms with van der Waals surface area (Å²) in [6, 6.07) is 13.4. The van der Waals surface area contributed by atoms with E-state index in [2.05, 4.69) is 15.2 Å². The predicted octanol–water partition coefficient (Wildman–Crippen LogP) is 3.70. The molecular weight excluding hydrogens is 362 g/mol. The fourth-order valence-electron chi connectivity index (χ4n) is 2.57. The third-order valence-corrected chi connectivity index (χ3v) is 4.83. The van der Waals surface area contributed by atoms with Gasteiger partial charge in [-0.3, -0.25) is 14.9 Å². The molecule has 27 heavy (non-hydrogen) atoms. The Kier molecular flexibility index (Phi) is 6.49. The van der Waals surface area contributed by atoms with Crippen LogP contribution in [0.5, 0.6) is 5.75 Å². The van der Waals surface area contributed by atoms with Gasteiger partial charge in [-0.15, -0.1) is 0 Å². The summed E-state index contributed by atoms with van der Waals surface area (Å²) in [5, 5.41) is 1.91. The van der Waals surface area contributed by atoms with Crippen LogP contribution in [0.25, 0.3) is 6.08 Å². The smallest absolute Gasteiger partial charge is 0.290 e. The second kappa shape index (κ2) is 9.23. The number of aromatic nitrogens is 1. The van der Waals surface area contributed by atoms with E-state index in [9.17, 15) is 9.59 Å². The van der Waals surface area contributed by atoms with Crippen LogP contribution in [0.3, 0.4) is 0 Å². The quantitative estimate of drug-likeness (QED) is 0.554. The van der Waals surface area contributed by atoms with Crippen molar-refractivity contribution >= 4 is 34.8 Å². The van der Waals surface area contributed by atoms with Gasteiger partial charge in [0.25, 0.3) is 11.1 Å². The first-order chi connectivity index (χ1) is 13.1. The Morgan fingerprint density at radius 2 is 1.96 bits per heavy atom. The maximum atomic E-state index is 11.5. The van der Waals surface area contributed by atoms with Gasteiger partial charge in [0.15, 0.2) is 0 Å². The van der Waals surface area contributed by atoms with Crippen molar-refractivity contribution in [2.45, 2.75) is 12.8 Å². The van der Waals surface area contributed by atoms with Gasteiger partial charge in [0.1, 0.15) is 11.6 Å². The Morgan fingerprint density at radius 1 is 1.15 bits per heavy atom. The third-order valence-electron chi connectivity index (χ3n) is 4.02. The zero-order chi connectivity index (χ0) is 19.1. The van der Waals surface area contributed by atoms with Gasteiger partial charge in [-0.05, 0) is 60.5 Å². The highest BCUT2D eigenvalue weighted by molar-refractivity contribution is 8.18. The molecule has 0 aliphatic carbocycles. The molecule has 1 fully saturated rings. The Labute approximate surface area is 162 Å². The van der Waals surface area contributed by atoms with Crippen molar-refractivity contribution in [1.29, 1.82) is 0 Å². The average Bonchev–Trinajstić information content (AvgIpc) is 3.00. The fourth-order valence-corrected chi connectivity index (χ4v) is 3.25. The first-order valence-electron chi connectivity index (χ1n) is 8.72. The van der Waals surface area contributed by atoms with Gasteiger partial charge < -0.3 is 9.64 Å². The summed E-state index contributed by atoms with van der Waals surface area (Å²) >= 11 is 0.915. The molecule has 2 heterocycles. The third kappa shape index (κ3) is 5.59. The minimum absolute atomic E-state index is 0.333. The van der Waals surface area contributed by atoms with Gasteiger partial charge >= 0.3 is 0 Å². The molecule has 1 aromatic carbocycles. The summed E-state index contributed by atoms with van der Waals surface area (Å²) in [7, 11) is 2.03. The maximum Gasteiger partial charge on any atom is 0.290 e. The minimum atomic E-state index is -0.346. The first kappa shape index (κ1) is 19.0. The number of thioether (sulfide) groups is 1. The van der Waals surface area contributed by atoms with E-state index < -0.39 is 0 Å². The van der Waals surface area contributed by atoms with Crippen LogP contribution in [0, 0.1) is 0 Å². The number of benzene rings is 1. The van der Waals surface area contributed by atoms with E-state index in [1.807, 2.05) is 49.5 Å². The molecule has 0 bridgehead atoms. The molecule has 0 saturated carbocycles. The lowest BCUT2D eigenvalue weighted by Crippen LogP contribution is -2.19. The Morgan fingerprint density at radius 3 is 2.63 bits per heavy atom. The number of rotatable bonds is 8. The summed E-state index contributed by atoms with van der Waals surface area (Å²) in [6.45, 7) is 1.56. The zero-order valence-electron chi connectivity index (χ0n) is 15.1. The highest BCUT2D eigenvalue weighted by Gasteiger charge is 2.24. The van der Waals surface area contributed by atoms with E-state index in [1.54, 1.807) is 12.3 Å². The van der Waals surface area contributed by atoms with Gasteiger partial charge in [-0.25, -0.2) is 4.98 Å². The lowest BCUT2D eigenvalue weighted by Gasteiger charge is -2.17. The molecule has 0 radical (unpaired) electrons. The van der Waals surface area contributed by atoms with Gasteiger partial charge in [-0.1, -0.05) is 18.2 Å². The van der Waals surface area contributed by atoms with E-state index in [4.69, 9.17) is 4.74 Å². The topological polar surface area (TPSA) is 71.5 Å². The number of carbonyl (C=O) groups is 2. The Bertz CT molecular complexity index is 822.